The Balaban J connectivity index is 1.25. The van der Waals surface area contributed by atoms with Gasteiger partial charge < -0.3 is 0 Å². The summed E-state index contributed by atoms with van der Waals surface area (Å²) in [5.41, 5.74) is 17.8. The third-order valence-electron chi connectivity index (χ3n) is 15.6. The summed E-state index contributed by atoms with van der Waals surface area (Å²) >= 11 is 0. The molecule has 1 aliphatic rings. The highest BCUT2D eigenvalue weighted by Gasteiger charge is 2.39. The number of hydrogen-bond donors (Lipinski definition) is 0. The van der Waals surface area contributed by atoms with Crippen LogP contribution in [0.4, 0.5) is 0 Å². The maximum Gasteiger partial charge on any atom is 0.0636 e. The summed E-state index contributed by atoms with van der Waals surface area (Å²) in [4.78, 5) is 0. The van der Waals surface area contributed by atoms with Crippen LogP contribution in [0.2, 0.25) is 0 Å². The minimum absolute atomic E-state index is 0.319. The lowest BCUT2D eigenvalue weighted by Crippen LogP contribution is -2.16. The van der Waals surface area contributed by atoms with E-state index in [9.17, 15) is 2.74 Å². The summed E-state index contributed by atoms with van der Waals surface area (Å²) in [7, 11) is 0. The second-order valence-electron chi connectivity index (χ2n) is 20.0. The van der Waals surface area contributed by atoms with Gasteiger partial charge in [0.05, 0.1) is 2.74 Å². The maximum atomic E-state index is 11.1. The van der Waals surface area contributed by atoms with E-state index in [-0.39, 0.29) is 0 Å². The zero-order valence-electron chi connectivity index (χ0n) is 42.7. The molecule has 0 spiro atoms. The molecule has 0 heterocycles. The predicted molar refractivity (Wildman–Crippen MR) is 312 cm³/mol. The van der Waals surface area contributed by atoms with E-state index in [0.29, 0.717) is 17.6 Å². The zero-order chi connectivity index (χ0) is 50.4. The fourth-order valence-corrected chi connectivity index (χ4v) is 12.5. The molecule has 0 radical (unpaired) electrons. The first-order chi connectivity index (χ1) is 36.9. The van der Waals surface area contributed by atoms with Crippen LogP contribution in [0.1, 0.15) is 27.7 Å². The Kier molecular flexibility index (Phi) is 9.48. The first-order valence-corrected chi connectivity index (χ1v) is 25.4. The average molecular weight is 929 g/mol. The molecule has 0 unspecified atom stereocenters. The van der Waals surface area contributed by atoms with E-state index in [1.807, 2.05) is 18.2 Å². The molecule has 0 heteroatoms. The highest BCUT2D eigenvalue weighted by Crippen LogP contribution is 2.57. The predicted octanol–water partition coefficient (Wildman–Crippen LogP) is 20.3. The molecule has 13 aromatic carbocycles. The molecule has 0 atom stereocenters. The van der Waals surface area contributed by atoms with E-state index in [1.165, 1.54) is 38.4 Å². The molecule has 0 saturated heterocycles. The van der Waals surface area contributed by atoms with Gasteiger partial charge in [-0.1, -0.05) is 269 Å². The summed E-state index contributed by atoms with van der Waals surface area (Å²) in [6, 6.07) is 92.1. The van der Waals surface area contributed by atoms with Crippen molar-refractivity contribution in [3.8, 4) is 89.0 Å². The molecule has 342 valence electrons. The van der Waals surface area contributed by atoms with Crippen molar-refractivity contribution >= 4 is 43.1 Å². The van der Waals surface area contributed by atoms with Crippen molar-refractivity contribution in [3.05, 3.63) is 278 Å². The molecule has 0 amide bonds. The molecular weight excluding hydrogens is 877 g/mol. The number of hydrogen-bond acceptors (Lipinski definition) is 0. The summed E-state index contributed by atoms with van der Waals surface area (Å²) < 4.78 is 22.1. The lowest BCUT2D eigenvalue weighted by molar-refractivity contribution is 0.662. The molecule has 14 rings (SSSR count). The maximum absolute atomic E-state index is 11.1. The van der Waals surface area contributed by atoms with Crippen LogP contribution in [0.3, 0.4) is 0 Å². The van der Waals surface area contributed by atoms with E-state index >= 15 is 0 Å². The van der Waals surface area contributed by atoms with Gasteiger partial charge in [0.25, 0.3) is 0 Å². The largest absolute Gasteiger partial charge is 0.0636 e. The molecular formula is C73H50. The first-order valence-electron chi connectivity index (χ1n) is 26.4. The van der Waals surface area contributed by atoms with Crippen LogP contribution in [0, 0.1) is 0 Å². The highest BCUT2D eigenvalue weighted by molar-refractivity contribution is 6.29. The second kappa shape index (κ2) is 17.0. The van der Waals surface area contributed by atoms with Crippen molar-refractivity contribution in [2.75, 3.05) is 0 Å². The Labute approximate surface area is 430 Å². The molecule has 0 aromatic heterocycles. The van der Waals surface area contributed by atoms with Gasteiger partial charge in [0.2, 0.25) is 0 Å². The third kappa shape index (κ3) is 6.75. The van der Waals surface area contributed by atoms with E-state index in [0.717, 1.165) is 99.3 Å². The topological polar surface area (TPSA) is 0 Å². The zero-order valence-corrected chi connectivity index (χ0v) is 40.7. The fraction of sp³-hybridized carbons (Fsp3) is 0.0411. The third-order valence-corrected chi connectivity index (χ3v) is 15.6. The van der Waals surface area contributed by atoms with Crippen LogP contribution in [0.25, 0.3) is 132 Å². The van der Waals surface area contributed by atoms with E-state index in [4.69, 9.17) is 0 Å². The van der Waals surface area contributed by atoms with Gasteiger partial charge in [0.1, 0.15) is 0 Å². The number of rotatable bonds is 7. The quantitative estimate of drug-likeness (QED) is 0.140. The Morgan fingerprint density at radius 2 is 0.712 bits per heavy atom. The van der Waals surface area contributed by atoms with Crippen LogP contribution < -0.4 is 0 Å². The van der Waals surface area contributed by atoms with Crippen molar-refractivity contribution in [1.82, 2.24) is 0 Å². The summed E-state index contributed by atoms with van der Waals surface area (Å²) in [5, 5.41) is 9.20. The fourth-order valence-electron chi connectivity index (χ4n) is 12.5. The minimum Gasteiger partial charge on any atom is -0.0622 e. The van der Waals surface area contributed by atoms with Gasteiger partial charge in [0.15, 0.2) is 0 Å². The molecule has 0 aliphatic heterocycles. The van der Waals surface area contributed by atoms with Gasteiger partial charge >= 0.3 is 0 Å². The lowest BCUT2D eigenvalue weighted by atomic mass is 9.74. The average Bonchev–Trinajstić information content (AvgIpc) is 3.71. The van der Waals surface area contributed by atoms with Crippen LogP contribution in [0.15, 0.2) is 267 Å². The Morgan fingerprint density at radius 1 is 0.260 bits per heavy atom. The summed E-state index contributed by atoms with van der Waals surface area (Å²) in [6.45, 7) is 4.70. The SMILES string of the molecule is [2H]c1c(-c2ccccc2)c([2H])c(-c2cccc3c4ccccc4c4ccccc4c23)c(-c2cccc3c2C(C)(C)c2ccccc2-3)c1-c1ccc(-c2ccccc2)c(-c2cccc3ccccc23)c1-c1ccccc1. The van der Waals surface area contributed by atoms with Crippen molar-refractivity contribution in [2.45, 2.75) is 19.3 Å². The first kappa shape index (κ1) is 40.6. The van der Waals surface area contributed by atoms with Gasteiger partial charge in [-0.2, -0.15) is 0 Å². The van der Waals surface area contributed by atoms with E-state index in [2.05, 4.69) is 250 Å². The highest BCUT2D eigenvalue weighted by atomic mass is 14.4. The normalized spacial score (nSPS) is 13.0. The molecule has 0 fully saturated rings. The van der Waals surface area contributed by atoms with Crippen molar-refractivity contribution in [2.24, 2.45) is 0 Å². The van der Waals surface area contributed by atoms with Crippen molar-refractivity contribution in [3.63, 3.8) is 0 Å². The Hall–Kier alpha value is -9.10. The Morgan fingerprint density at radius 3 is 1.42 bits per heavy atom. The molecule has 0 N–H and O–H groups in total. The van der Waals surface area contributed by atoms with Gasteiger partial charge in [-0.05, 0) is 155 Å². The number of fused-ring (bicyclic) bond motifs is 10. The van der Waals surface area contributed by atoms with Crippen molar-refractivity contribution < 1.29 is 2.74 Å². The van der Waals surface area contributed by atoms with Crippen molar-refractivity contribution in [1.29, 1.82) is 0 Å². The molecule has 73 heavy (non-hydrogen) atoms. The monoisotopic (exact) mass is 928 g/mol. The molecule has 0 saturated carbocycles. The van der Waals surface area contributed by atoms with Gasteiger partial charge in [-0.15, -0.1) is 0 Å². The van der Waals surface area contributed by atoms with E-state index in [1.54, 1.807) is 0 Å². The van der Waals surface area contributed by atoms with Crippen LogP contribution >= 0.6 is 0 Å². The number of benzene rings is 13. The Bertz CT molecular complexity index is 4390. The van der Waals surface area contributed by atoms with Crippen LogP contribution in [-0.4, -0.2) is 0 Å². The standard InChI is InChI=1S/C73H50/c1-73(2)67-42-19-18-35-57(67)63-40-22-41-64(72(63)73)70-65(61-39-21-38-60-56-33-15-14-32-54(56)55-34-16-17-36-59(55)69(60)61)45-51(47-23-6-3-7-24-47)46-66(70)62-44-43-53(49-25-8-4-9-26-49)71(68(62)50-28-10-5-11-29-50)58-37-20-30-48-27-12-13-31-52(48)58/h3-46H,1-2H3/i45D,46D. The molecule has 1 aliphatic carbocycles. The summed E-state index contributed by atoms with van der Waals surface area (Å²) in [6.07, 6.45) is 0. The van der Waals surface area contributed by atoms with E-state index < -0.39 is 5.41 Å². The second-order valence-corrected chi connectivity index (χ2v) is 20.0. The smallest absolute Gasteiger partial charge is 0.0622 e. The van der Waals surface area contributed by atoms with Crippen LogP contribution in [-0.2, 0) is 5.41 Å². The lowest BCUT2D eigenvalue weighted by Gasteiger charge is -2.29. The molecule has 13 aromatic rings. The van der Waals surface area contributed by atoms with Gasteiger partial charge in [0, 0.05) is 5.41 Å². The van der Waals surface area contributed by atoms with Gasteiger partial charge in [-0.25, -0.2) is 0 Å². The summed E-state index contributed by atoms with van der Waals surface area (Å²) in [5.74, 6) is 0. The minimum atomic E-state index is -0.422. The molecule has 0 nitrogen and oxygen atoms in total. The van der Waals surface area contributed by atoms with Crippen LogP contribution in [0.5, 0.6) is 0 Å². The molecule has 0 bridgehead atoms. The van der Waals surface area contributed by atoms with Gasteiger partial charge in [-0.3, -0.25) is 0 Å².